The molecule has 1 aromatic heterocycles. The number of carbonyl (C=O) groups excluding carboxylic acids is 1. The first-order chi connectivity index (χ1) is 14.6. The van der Waals surface area contributed by atoms with Crippen LogP contribution in [0.1, 0.15) is 40.0 Å². The van der Waals surface area contributed by atoms with Crippen molar-refractivity contribution in [1.29, 1.82) is 0 Å². The minimum atomic E-state index is 0.00815. The van der Waals surface area contributed by atoms with Gasteiger partial charge < -0.3 is 14.8 Å². The third-order valence-corrected chi connectivity index (χ3v) is 5.93. The summed E-state index contributed by atoms with van der Waals surface area (Å²) in [7, 11) is 0. The number of aryl methyl sites for hydroxylation is 2. The van der Waals surface area contributed by atoms with Crippen LogP contribution in [0.15, 0.2) is 60.8 Å². The zero-order chi connectivity index (χ0) is 20.9. The molecule has 2 heterocycles. The molecule has 1 aliphatic heterocycles. The standard InChI is InChI=1S/C26H31N3O/c1-20-10-12-23(13-11-20)24-21(2)18-29(19-22-8-4-3-5-9-22)25(24)26(30)27-14-17-28-15-6-7-16-28/h3-5,8-13,18H,6-7,14-17,19H2,1-2H3,(H,27,30). The highest BCUT2D eigenvalue weighted by Crippen LogP contribution is 2.30. The lowest BCUT2D eigenvalue weighted by Gasteiger charge is -2.16. The molecule has 0 aliphatic carbocycles. The number of nitrogens with one attached hydrogen (secondary N) is 1. The summed E-state index contributed by atoms with van der Waals surface area (Å²) in [5.74, 6) is 0.00815. The molecule has 0 radical (unpaired) electrons. The summed E-state index contributed by atoms with van der Waals surface area (Å²) < 4.78 is 2.10. The van der Waals surface area contributed by atoms with E-state index in [2.05, 4.69) is 71.2 Å². The van der Waals surface area contributed by atoms with Crippen molar-refractivity contribution < 1.29 is 4.79 Å². The van der Waals surface area contributed by atoms with E-state index in [9.17, 15) is 4.79 Å². The molecule has 0 saturated carbocycles. The summed E-state index contributed by atoms with van der Waals surface area (Å²) in [4.78, 5) is 15.8. The topological polar surface area (TPSA) is 37.3 Å². The summed E-state index contributed by atoms with van der Waals surface area (Å²) in [6.45, 7) is 8.76. The van der Waals surface area contributed by atoms with Crippen molar-refractivity contribution in [3.8, 4) is 11.1 Å². The first-order valence-electron chi connectivity index (χ1n) is 10.9. The maximum absolute atomic E-state index is 13.4. The summed E-state index contributed by atoms with van der Waals surface area (Å²) in [5, 5.41) is 3.19. The van der Waals surface area contributed by atoms with Gasteiger partial charge in [-0.3, -0.25) is 4.79 Å². The lowest BCUT2D eigenvalue weighted by atomic mass is 10.0. The Morgan fingerprint density at radius 3 is 2.37 bits per heavy atom. The monoisotopic (exact) mass is 401 g/mol. The fraction of sp³-hybridized carbons (Fsp3) is 0.346. The van der Waals surface area contributed by atoms with Gasteiger partial charge in [-0.05, 0) is 56.5 Å². The fourth-order valence-corrected chi connectivity index (χ4v) is 4.34. The van der Waals surface area contributed by atoms with Gasteiger partial charge in [-0.1, -0.05) is 60.2 Å². The van der Waals surface area contributed by atoms with E-state index in [1.54, 1.807) is 0 Å². The molecule has 0 unspecified atom stereocenters. The molecule has 1 amide bonds. The van der Waals surface area contributed by atoms with Crippen molar-refractivity contribution in [1.82, 2.24) is 14.8 Å². The average Bonchev–Trinajstić information content (AvgIpc) is 3.37. The molecule has 4 rings (SSSR count). The summed E-state index contributed by atoms with van der Waals surface area (Å²) in [6, 6.07) is 18.8. The zero-order valence-electron chi connectivity index (χ0n) is 18.0. The molecule has 1 N–H and O–H groups in total. The molecule has 30 heavy (non-hydrogen) atoms. The van der Waals surface area contributed by atoms with Crippen LogP contribution in [0.3, 0.4) is 0 Å². The third kappa shape index (κ3) is 4.65. The Morgan fingerprint density at radius 2 is 1.67 bits per heavy atom. The smallest absolute Gasteiger partial charge is 0.268 e. The highest BCUT2D eigenvalue weighted by Gasteiger charge is 2.22. The Morgan fingerprint density at radius 1 is 0.967 bits per heavy atom. The Bertz CT molecular complexity index is 983. The van der Waals surface area contributed by atoms with E-state index in [0.717, 1.165) is 42.0 Å². The number of aromatic nitrogens is 1. The van der Waals surface area contributed by atoms with Crippen LogP contribution in [0.5, 0.6) is 0 Å². The quantitative estimate of drug-likeness (QED) is 0.626. The Balaban J connectivity index is 1.63. The van der Waals surface area contributed by atoms with Gasteiger partial charge in [0.1, 0.15) is 5.69 Å². The predicted molar refractivity (Wildman–Crippen MR) is 123 cm³/mol. The number of carbonyl (C=O) groups is 1. The number of hydrogen-bond acceptors (Lipinski definition) is 2. The van der Waals surface area contributed by atoms with Crippen LogP contribution in [-0.4, -0.2) is 41.6 Å². The molecule has 3 aromatic rings. The van der Waals surface area contributed by atoms with Gasteiger partial charge >= 0.3 is 0 Å². The van der Waals surface area contributed by atoms with Crippen molar-refractivity contribution in [2.45, 2.75) is 33.2 Å². The van der Waals surface area contributed by atoms with Crippen molar-refractivity contribution in [3.63, 3.8) is 0 Å². The number of amides is 1. The molecule has 0 atom stereocenters. The second-order valence-electron chi connectivity index (χ2n) is 8.32. The van der Waals surface area contributed by atoms with Crippen LogP contribution in [-0.2, 0) is 6.54 Å². The van der Waals surface area contributed by atoms with Crippen LogP contribution >= 0.6 is 0 Å². The van der Waals surface area contributed by atoms with Crippen LogP contribution in [0, 0.1) is 13.8 Å². The molecule has 1 fully saturated rings. The van der Waals surface area contributed by atoms with Crippen molar-refractivity contribution in [2.24, 2.45) is 0 Å². The molecule has 156 valence electrons. The van der Waals surface area contributed by atoms with Crippen LogP contribution < -0.4 is 5.32 Å². The number of nitrogens with zero attached hydrogens (tertiary/aromatic N) is 2. The van der Waals surface area contributed by atoms with Crippen molar-refractivity contribution in [3.05, 3.63) is 83.2 Å². The van der Waals surface area contributed by atoms with E-state index < -0.39 is 0 Å². The minimum absolute atomic E-state index is 0.00815. The van der Waals surface area contributed by atoms with E-state index in [1.807, 2.05) is 18.2 Å². The van der Waals surface area contributed by atoms with E-state index in [0.29, 0.717) is 13.1 Å². The summed E-state index contributed by atoms with van der Waals surface area (Å²) in [6.07, 6.45) is 4.65. The van der Waals surface area contributed by atoms with Crippen molar-refractivity contribution >= 4 is 5.91 Å². The van der Waals surface area contributed by atoms with E-state index in [4.69, 9.17) is 0 Å². The van der Waals surface area contributed by atoms with Crippen LogP contribution in [0.25, 0.3) is 11.1 Å². The normalized spacial score (nSPS) is 14.2. The average molecular weight is 402 g/mol. The molecule has 1 saturated heterocycles. The number of benzene rings is 2. The maximum atomic E-state index is 13.4. The second-order valence-corrected chi connectivity index (χ2v) is 8.32. The maximum Gasteiger partial charge on any atom is 0.268 e. The highest BCUT2D eigenvalue weighted by molar-refractivity contribution is 6.00. The number of rotatable bonds is 7. The van der Waals surface area contributed by atoms with Gasteiger partial charge in [-0.15, -0.1) is 0 Å². The SMILES string of the molecule is Cc1ccc(-c2c(C)cn(Cc3ccccc3)c2C(=O)NCCN2CCCC2)cc1. The van der Waals surface area contributed by atoms with E-state index in [1.165, 1.54) is 24.0 Å². The second kappa shape index (κ2) is 9.31. The Hall–Kier alpha value is -2.85. The van der Waals surface area contributed by atoms with Crippen molar-refractivity contribution in [2.75, 3.05) is 26.2 Å². The third-order valence-electron chi connectivity index (χ3n) is 5.93. The minimum Gasteiger partial charge on any atom is -0.349 e. The first-order valence-corrected chi connectivity index (χ1v) is 10.9. The molecule has 2 aromatic carbocycles. The fourth-order valence-electron chi connectivity index (χ4n) is 4.34. The zero-order valence-corrected chi connectivity index (χ0v) is 18.0. The van der Waals surface area contributed by atoms with Gasteiger partial charge in [0.25, 0.3) is 5.91 Å². The van der Waals surface area contributed by atoms with Gasteiger partial charge in [-0.2, -0.15) is 0 Å². The van der Waals surface area contributed by atoms with Gasteiger partial charge in [0, 0.05) is 31.4 Å². The first kappa shape index (κ1) is 20.4. The molecule has 4 heteroatoms. The molecular formula is C26H31N3O. The van der Waals surface area contributed by atoms with Crippen LogP contribution in [0.2, 0.25) is 0 Å². The van der Waals surface area contributed by atoms with Gasteiger partial charge in [0.05, 0.1) is 0 Å². The molecule has 0 spiro atoms. The molecule has 0 bridgehead atoms. The number of hydrogen-bond donors (Lipinski definition) is 1. The van der Waals surface area contributed by atoms with E-state index >= 15 is 0 Å². The Labute approximate surface area is 179 Å². The lowest BCUT2D eigenvalue weighted by molar-refractivity contribution is 0.0941. The number of likely N-dealkylation sites (tertiary alicyclic amines) is 1. The van der Waals surface area contributed by atoms with Gasteiger partial charge in [-0.25, -0.2) is 0 Å². The molecule has 4 nitrogen and oxygen atoms in total. The largest absolute Gasteiger partial charge is 0.349 e. The summed E-state index contributed by atoms with van der Waals surface area (Å²) >= 11 is 0. The molecular weight excluding hydrogens is 370 g/mol. The Kier molecular flexibility index (Phi) is 6.34. The molecule has 1 aliphatic rings. The predicted octanol–water partition coefficient (Wildman–Crippen LogP) is 4.65. The van der Waals surface area contributed by atoms with Crippen LogP contribution in [0.4, 0.5) is 0 Å². The van der Waals surface area contributed by atoms with E-state index in [-0.39, 0.29) is 5.91 Å². The highest BCUT2D eigenvalue weighted by atomic mass is 16.1. The van der Waals surface area contributed by atoms with Gasteiger partial charge in [0.15, 0.2) is 0 Å². The summed E-state index contributed by atoms with van der Waals surface area (Å²) in [5.41, 5.74) is 6.41. The lowest BCUT2D eigenvalue weighted by Crippen LogP contribution is -2.34. The van der Waals surface area contributed by atoms with Gasteiger partial charge in [0.2, 0.25) is 0 Å².